The summed E-state index contributed by atoms with van der Waals surface area (Å²) in [6.07, 6.45) is 7.14. The number of piperidine rings is 2. The normalized spacial score (nSPS) is 27.8. The van der Waals surface area contributed by atoms with Crippen molar-refractivity contribution in [3.05, 3.63) is 0 Å². The van der Waals surface area contributed by atoms with Gasteiger partial charge in [0.25, 0.3) is 0 Å². The van der Waals surface area contributed by atoms with Crippen LogP contribution in [0.15, 0.2) is 0 Å². The molecule has 0 amide bonds. The van der Waals surface area contributed by atoms with E-state index in [9.17, 15) is 8.42 Å². The average molecular weight is 303 g/mol. The molecular weight excluding hydrogens is 274 g/mol. The Bertz CT molecular complexity index is 391. The van der Waals surface area contributed by atoms with Gasteiger partial charge in [0.2, 0.25) is 10.0 Å². The Kier molecular flexibility index (Phi) is 5.84. The number of hydrogen-bond donors (Lipinski definition) is 1. The quantitative estimate of drug-likeness (QED) is 0.813. The fourth-order valence-electron chi connectivity index (χ4n) is 3.54. The van der Waals surface area contributed by atoms with Gasteiger partial charge >= 0.3 is 0 Å². The third kappa shape index (κ3) is 4.69. The van der Waals surface area contributed by atoms with Crippen LogP contribution in [0.3, 0.4) is 0 Å². The SMILES string of the molecule is CS(=O)(=O)N1CCCC(CN2CCC(CCN)CC2)C1. The second-order valence-electron chi connectivity index (χ2n) is 6.45. The van der Waals surface area contributed by atoms with Gasteiger partial charge in [-0.05, 0) is 63.6 Å². The zero-order valence-electron chi connectivity index (χ0n) is 12.6. The van der Waals surface area contributed by atoms with Crippen LogP contribution in [0.4, 0.5) is 0 Å². The summed E-state index contributed by atoms with van der Waals surface area (Å²) in [7, 11) is -3.01. The molecule has 0 spiro atoms. The van der Waals surface area contributed by atoms with Crippen LogP contribution in [0.5, 0.6) is 0 Å². The lowest BCUT2D eigenvalue weighted by molar-refractivity contribution is 0.134. The lowest BCUT2D eigenvalue weighted by atomic mass is 9.92. The van der Waals surface area contributed by atoms with Gasteiger partial charge in [0.15, 0.2) is 0 Å². The molecule has 2 fully saturated rings. The van der Waals surface area contributed by atoms with Crippen molar-refractivity contribution in [1.29, 1.82) is 0 Å². The maximum Gasteiger partial charge on any atom is 0.211 e. The predicted molar refractivity (Wildman–Crippen MR) is 82.0 cm³/mol. The van der Waals surface area contributed by atoms with Crippen molar-refractivity contribution in [2.45, 2.75) is 32.1 Å². The van der Waals surface area contributed by atoms with E-state index in [1.807, 2.05) is 0 Å². The summed E-state index contributed by atoms with van der Waals surface area (Å²) in [5, 5.41) is 0. The van der Waals surface area contributed by atoms with Crippen molar-refractivity contribution in [2.24, 2.45) is 17.6 Å². The predicted octanol–water partition coefficient (Wildman–Crippen LogP) is 0.719. The highest BCUT2D eigenvalue weighted by Gasteiger charge is 2.28. The van der Waals surface area contributed by atoms with E-state index in [1.54, 1.807) is 4.31 Å². The Morgan fingerprint density at radius 3 is 2.40 bits per heavy atom. The number of nitrogens with two attached hydrogens (primary N) is 1. The van der Waals surface area contributed by atoms with Gasteiger partial charge in [-0.2, -0.15) is 0 Å². The van der Waals surface area contributed by atoms with Gasteiger partial charge in [0, 0.05) is 19.6 Å². The van der Waals surface area contributed by atoms with Crippen molar-refractivity contribution in [3.63, 3.8) is 0 Å². The largest absolute Gasteiger partial charge is 0.330 e. The molecule has 2 saturated heterocycles. The zero-order valence-corrected chi connectivity index (χ0v) is 13.4. The van der Waals surface area contributed by atoms with Crippen molar-refractivity contribution >= 4 is 10.0 Å². The molecule has 2 heterocycles. The smallest absolute Gasteiger partial charge is 0.211 e. The van der Waals surface area contributed by atoms with E-state index in [1.165, 1.54) is 19.1 Å². The highest BCUT2D eigenvalue weighted by atomic mass is 32.2. The van der Waals surface area contributed by atoms with Gasteiger partial charge in [-0.3, -0.25) is 0 Å². The van der Waals surface area contributed by atoms with Crippen molar-refractivity contribution in [2.75, 3.05) is 45.5 Å². The molecule has 0 bridgehead atoms. The molecule has 1 unspecified atom stereocenters. The Labute approximate surface area is 123 Å². The maximum absolute atomic E-state index is 11.6. The summed E-state index contributed by atoms with van der Waals surface area (Å²) in [6.45, 7) is 5.58. The molecule has 118 valence electrons. The summed E-state index contributed by atoms with van der Waals surface area (Å²) in [4.78, 5) is 2.52. The van der Waals surface area contributed by atoms with Gasteiger partial charge in [-0.25, -0.2) is 12.7 Å². The molecule has 2 rings (SSSR count). The van der Waals surface area contributed by atoms with E-state index in [0.717, 1.165) is 51.4 Å². The molecule has 5 nitrogen and oxygen atoms in total. The third-order valence-electron chi connectivity index (χ3n) is 4.75. The Hall–Kier alpha value is -0.170. The lowest BCUT2D eigenvalue weighted by Gasteiger charge is -2.37. The second-order valence-corrected chi connectivity index (χ2v) is 8.43. The number of sulfonamides is 1. The van der Waals surface area contributed by atoms with Gasteiger partial charge in [-0.1, -0.05) is 0 Å². The molecule has 0 aliphatic carbocycles. The summed E-state index contributed by atoms with van der Waals surface area (Å²) < 4.78 is 24.9. The van der Waals surface area contributed by atoms with Gasteiger partial charge < -0.3 is 10.6 Å². The fourth-order valence-corrected chi connectivity index (χ4v) is 4.48. The minimum absolute atomic E-state index is 0.504. The van der Waals surface area contributed by atoms with Crippen LogP contribution in [0.25, 0.3) is 0 Å². The molecule has 0 aromatic heterocycles. The van der Waals surface area contributed by atoms with E-state index >= 15 is 0 Å². The highest BCUT2D eigenvalue weighted by Crippen LogP contribution is 2.24. The van der Waals surface area contributed by atoms with Crippen molar-refractivity contribution < 1.29 is 8.42 Å². The second kappa shape index (κ2) is 7.20. The van der Waals surface area contributed by atoms with Gasteiger partial charge in [-0.15, -0.1) is 0 Å². The molecule has 2 aliphatic rings. The van der Waals surface area contributed by atoms with Crippen LogP contribution in [-0.2, 0) is 10.0 Å². The van der Waals surface area contributed by atoms with E-state index in [4.69, 9.17) is 5.73 Å². The standard InChI is InChI=1S/C14H29N3O2S/c1-20(18,19)17-8-2-3-14(12-17)11-16-9-5-13(4-7-15)6-10-16/h13-14H,2-12,15H2,1H3. The first-order valence-corrected chi connectivity index (χ1v) is 9.71. The number of likely N-dealkylation sites (tertiary alicyclic amines) is 1. The maximum atomic E-state index is 11.6. The summed E-state index contributed by atoms with van der Waals surface area (Å²) >= 11 is 0. The summed E-state index contributed by atoms with van der Waals surface area (Å²) in [5.41, 5.74) is 5.62. The van der Waals surface area contributed by atoms with Gasteiger partial charge in [0.05, 0.1) is 6.26 Å². The van der Waals surface area contributed by atoms with Crippen LogP contribution in [0.1, 0.15) is 32.1 Å². The van der Waals surface area contributed by atoms with Crippen molar-refractivity contribution in [1.82, 2.24) is 9.21 Å². The van der Waals surface area contributed by atoms with E-state index in [-0.39, 0.29) is 0 Å². The lowest BCUT2D eigenvalue weighted by Crippen LogP contribution is -2.45. The van der Waals surface area contributed by atoms with E-state index < -0.39 is 10.0 Å². The highest BCUT2D eigenvalue weighted by molar-refractivity contribution is 7.88. The topological polar surface area (TPSA) is 66.6 Å². The minimum Gasteiger partial charge on any atom is -0.330 e. The zero-order chi connectivity index (χ0) is 14.6. The monoisotopic (exact) mass is 303 g/mol. The van der Waals surface area contributed by atoms with Crippen LogP contribution >= 0.6 is 0 Å². The third-order valence-corrected chi connectivity index (χ3v) is 6.02. The van der Waals surface area contributed by atoms with Crippen LogP contribution in [0, 0.1) is 11.8 Å². The van der Waals surface area contributed by atoms with Crippen LogP contribution in [-0.4, -0.2) is 63.1 Å². The number of rotatable bonds is 5. The molecule has 0 radical (unpaired) electrons. The molecular formula is C14H29N3O2S. The van der Waals surface area contributed by atoms with Crippen LogP contribution in [0.2, 0.25) is 0 Å². The molecule has 0 saturated carbocycles. The molecule has 0 aromatic rings. The van der Waals surface area contributed by atoms with E-state index in [0.29, 0.717) is 19.0 Å². The molecule has 2 N–H and O–H groups in total. The first kappa shape index (κ1) is 16.2. The van der Waals surface area contributed by atoms with E-state index in [2.05, 4.69) is 4.90 Å². The average Bonchev–Trinajstić information content (AvgIpc) is 2.41. The van der Waals surface area contributed by atoms with Gasteiger partial charge in [0.1, 0.15) is 0 Å². The molecule has 20 heavy (non-hydrogen) atoms. The Morgan fingerprint density at radius 2 is 1.80 bits per heavy atom. The molecule has 0 aromatic carbocycles. The fraction of sp³-hybridized carbons (Fsp3) is 1.00. The number of nitrogens with zero attached hydrogens (tertiary/aromatic N) is 2. The molecule has 6 heteroatoms. The first-order valence-electron chi connectivity index (χ1n) is 7.86. The number of hydrogen-bond acceptors (Lipinski definition) is 4. The molecule has 2 aliphatic heterocycles. The Morgan fingerprint density at radius 1 is 1.10 bits per heavy atom. The Balaban J connectivity index is 1.77. The summed E-state index contributed by atoms with van der Waals surface area (Å²) in [5.74, 6) is 1.31. The first-order chi connectivity index (χ1) is 9.49. The van der Waals surface area contributed by atoms with Crippen molar-refractivity contribution in [3.8, 4) is 0 Å². The molecule has 1 atom stereocenters. The minimum atomic E-state index is -3.01. The van der Waals surface area contributed by atoms with Crippen LogP contribution < -0.4 is 5.73 Å². The summed E-state index contributed by atoms with van der Waals surface area (Å²) in [6, 6.07) is 0.